The van der Waals surface area contributed by atoms with Crippen molar-refractivity contribution < 1.29 is 0 Å². The van der Waals surface area contributed by atoms with Gasteiger partial charge in [0.2, 0.25) is 0 Å². The first-order valence-electron chi connectivity index (χ1n) is 6.54. The second-order valence-corrected chi connectivity index (χ2v) is 4.81. The highest BCUT2D eigenvalue weighted by atomic mass is 15.0. The second kappa shape index (κ2) is 6.18. The molecule has 0 amide bonds. The van der Waals surface area contributed by atoms with Crippen molar-refractivity contribution in [3.05, 3.63) is 58.8 Å². The van der Waals surface area contributed by atoms with Crippen LogP contribution in [0, 0.1) is 25.2 Å². The van der Waals surface area contributed by atoms with E-state index in [0.29, 0.717) is 17.9 Å². The predicted octanol–water partition coefficient (Wildman–Crippen LogP) is 2.68. The van der Waals surface area contributed by atoms with E-state index in [4.69, 9.17) is 5.73 Å². The third-order valence-corrected chi connectivity index (χ3v) is 3.17. The van der Waals surface area contributed by atoms with Crippen LogP contribution in [0.15, 0.2) is 36.4 Å². The van der Waals surface area contributed by atoms with Crippen molar-refractivity contribution in [1.82, 2.24) is 4.98 Å². The van der Waals surface area contributed by atoms with Gasteiger partial charge in [0.25, 0.3) is 0 Å². The predicted molar refractivity (Wildman–Crippen MR) is 80.3 cm³/mol. The molecule has 1 unspecified atom stereocenters. The number of nitrogens with one attached hydrogen (secondary N) is 1. The van der Waals surface area contributed by atoms with Crippen LogP contribution in [0.1, 0.15) is 28.4 Å². The van der Waals surface area contributed by atoms with E-state index in [-0.39, 0.29) is 6.04 Å². The summed E-state index contributed by atoms with van der Waals surface area (Å²) in [6.07, 6.45) is 0. The molecule has 1 aromatic heterocycles. The van der Waals surface area contributed by atoms with Crippen molar-refractivity contribution in [2.75, 3.05) is 11.9 Å². The quantitative estimate of drug-likeness (QED) is 0.892. The van der Waals surface area contributed by atoms with Gasteiger partial charge in [0.15, 0.2) is 0 Å². The molecule has 1 heterocycles. The summed E-state index contributed by atoms with van der Waals surface area (Å²) in [4.78, 5) is 4.38. The summed E-state index contributed by atoms with van der Waals surface area (Å²) in [7, 11) is 0. The molecule has 0 aliphatic rings. The summed E-state index contributed by atoms with van der Waals surface area (Å²) >= 11 is 0. The van der Waals surface area contributed by atoms with Gasteiger partial charge in [-0.1, -0.05) is 30.3 Å². The number of nitriles is 1. The van der Waals surface area contributed by atoms with Crippen LogP contribution < -0.4 is 11.1 Å². The molecule has 20 heavy (non-hydrogen) atoms. The molecule has 4 nitrogen and oxygen atoms in total. The average Bonchev–Trinajstić information content (AvgIpc) is 2.45. The van der Waals surface area contributed by atoms with Gasteiger partial charge in [0.05, 0.1) is 5.56 Å². The van der Waals surface area contributed by atoms with Gasteiger partial charge in [-0.2, -0.15) is 5.26 Å². The fourth-order valence-corrected chi connectivity index (χ4v) is 2.13. The van der Waals surface area contributed by atoms with Gasteiger partial charge in [0.1, 0.15) is 11.9 Å². The molecule has 0 bridgehead atoms. The van der Waals surface area contributed by atoms with E-state index in [9.17, 15) is 5.26 Å². The molecule has 102 valence electrons. The Balaban J connectivity index is 2.14. The van der Waals surface area contributed by atoms with Crippen molar-refractivity contribution in [3.8, 4) is 6.07 Å². The van der Waals surface area contributed by atoms with E-state index in [1.54, 1.807) is 0 Å². The van der Waals surface area contributed by atoms with E-state index in [1.165, 1.54) is 0 Å². The Labute approximate surface area is 119 Å². The van der Waals surface area contributed by atoms with Crippen LogP contribution in [0.4, 0.5) is 5.82 Å². The molecule has 0 fully saturated rings. The molecule has 1 aromatic carbocycles. The summed E-state index contributed by atoms with van der Waals surface area (Å²) in [6, 6.07) is 13.8. The van der Waals surface area contributed by atoms with E-state index in [0.717, 1.165) is 16.8 Å². The molecular formula is C16H18N4. The normalized spacial score (nSPS) is 11.7. The van der Waals surface area contributed by atoms with Crippen LogP contribution in [0.5, 0.6) is 0 Å². The van der Waals surface area contributed by atoms with E-state index in [1.807, 2.05) is 50.2 Å². The number of aryl methyl sites for hydroxylation is 2. The number of hydrogen-bond acceptors (Lipinski definition) is 4. The number of hydrogen-bond donors (Lipinski definition) is 2. The summed E-state index contributed by atoms with van der Waals surface area (Å²) < 4.78 is 0. The van der Waals surface area contributed by atoms with Gasteiger partial charge in [-0.25, -0.2) is 4.98 Å². The zero-order chi connectivity index (χ0) is 14.5. The van der Waals surface area contributed by atoms with Crippen LogP contribution in [-0.2, 0) is 0 Å². The second-order valence-electron chi connectivity index (χ2n) is 4.81. The molecule has 3 N–H and O–H groups in total. The highest BCUT2D eigenvalue weighted by Crippen LogP contribution is 2.18. The maximum Gasteiger partial charge on any atom is 0.144 e. The van der Waals surface area contributed by atoms with Crippen LogP contribution in [-0.4, -0.2) is 11.5 Å². The van der Waals surface area contributed by atoms with Crippen LogP contribution in [0.3, 0.4) is 0 Å². The lowest BCUT2D eigenvalue weighted by atomic mass is 10.1. The van der Waals surface area contributed by atoms with Gasteiger partial charge in [0, 0.05) is 18.3 Å². The Morgan fingerprint density at radius 1 is 1.30 bits per heavy atom. The number of anilines is 1. The molecule has 0 aliphatic heterocycles. The monoisotopic (exact) mass is 266 g/mol. The van der Waals surface area contributed by atoms with Crippen LogP contribution >= 0.6 is 0 Å². The third-order valence-electron chi connectivity index (χ3n) is 3.17. The van der Waals surface area contributed by atoms with Crippen LogP contribution in [0.2, 0.25) is 0 Å². The first-order valence-corrected chi connectivity index (χ1v) is 6.54. The Morgan fingerprint density at radius 2 is 2.00 bits per heavy atom. The summed E-state index contributed by atoms with van der Waals surface area (Å²) in [6.45, 7) is 4.36. The minimum Gasteiger partial charge on any atom is -0.367 e. The first kappa shape index (κ1) is 14.0. The van der Waals surface area contributed by atoms with Gasteiger partial charge in [-0.05, 0) is 31.0 Å². The largest absolute Gasteiger partial charge is 0.367 e. The SMILES string of the molecule is Cc1cc(C)c(C#N)c(NCC(N)c2ccccc2)n1. The minimum atomic E-state index is -0.134. The Bertz CT molecular complexity index is 629. The lowest BCUT2D eigenvalue weighted by molar-refractivity contribution is 0.761. The summed E-state index contributed by atoms with van der Waals surface area (Å²) in [5.41, 5.74) is 9.59. The van der Waals surface area contributed by atoms with E-state index in [2.05, 4.69) is 16.4 Å². The van der Waals surface area contributed by atoms with Crippen molar-refractivity contribution in [3.63, 3.8) is 0 Å². The van der Waals surface area contributed by atoms with E-state index >= 15 is 0 Å². The molecular weight excluding hydrogens is 248 g/mol. The number of benzene rings is 1. The highest BCUT2D eigenvalue weighted by Gasteiger charge is 2.10. The molecule has 0 aliphatic carbocycles. The number of aromatic nitrogens is 1. The minimum absolute atomic E-state index is 0.134. The van der Waals surface area contributed by atoms with Crippen molar-refractivity contribution in [1.29, 1.82) is 5.26 Å². The lowest BCUT2D eigenvalue weighted by Crippen LogP contribution is -2.21. The lowest BCUT2D eigenvalue weighted by Gasteiger charge is -2.15. The smallest absolute Gasteiger partial charge is 0.144 e. The topological polar surface area (TPSA) is 74.7 Å². The number of nitrogens with zero attached hydrogens (tertiary/aromatic N) is 2. The van der Waals surface area contributed by atoms with Crippen LogP contribution in [0.25, 0.3) is 0 Å². The first-order chi connectivity index (χ1) is 9.61. The Hall–Kier alpha value is -2.38. The molecule has 0 spiro atoms. The third kappa shape index (κ3) is 3.14. The fourth-order valence-electron chi connectivity index (χ4n) is 2.13. The molecule has 0 saturated heterocycles. The average molecular weight is 266 g/mol. The molecule has 1 atom stereocenters. The molecule has 2 aromatic rings. The van der Waals surface area contributed by atoms with E-state index < -0.39 is 0 Å². The van der Waals surface area contributed by atoms with Crippen molar-refractivity contribution in [2.24, 2.45) is 5.73 Å². The van der Waals surface area contributed by atoms with Gasteiger partial charge in [-0.15, -0.1) is 0 Å². The molecule has 4 heteroatoms. The van der Waals surface area contributed by atoms with Crippen molar-refractivity contribution in [2.45, 2.75) is 19.9 Å². The zero-order valence-electron chi connectivity index (χ0n) is 11.7. The van der Waals surface area contributed by atoms with Gasteiger partial charge >= 0.3 is 0 Å². The molecule has 0 radical (unpaired) electrons. The van der Waals surface area contributed by atoms with Gasteiger partial charge < -0.3 is 11.1 Å². The van der Waals surface area contributed by atoms with Crippen molar-refractivity contribution >= 4 is 5.82 Å². The summed E-state index contributed by atoms with van der Waals surface area (Å²) in [5.74, 6) is 0.608. The number of nitrogens with two attached hydrogens (primary N) is 1. The number of rotatable bonds is 4. The Kier molecular flexibility index (Phi) is 4.34. The fraction of sp³-hybridized carbons (Fsp3) is 0.250. The van der Waals surface area contributed by atoms with Gasteiger partial charge in [-0.3, -0.25) is 0 Å². The zero-order valence-corrected chi connectivity index (χ0v) is 11.7. The summed E-state index contributed by atoms with van der Waals surface area (Å²) in [5, 5.41) is 12.4. The maximum absolute atomic E-state index is 9.21. The Morgan fingerprint density at radius 3 is 2.65 bits per heavy atom. The molecule has 2 rings (SSSR count). The standard InChI is InChI=1S/C16H18N4/c1-11-8-12(2)20-16(14(11)9-17)19-10-15(18)13-6-4-3-5-7-13/h3-8,15H,10,18H2,1-2H3,(H,19,20). The highest BCUT2D eigenvalue weighted by molar-refractivity contribution is 5.56. The number of pyridine rings is 1. The maximum atomic E-state index is 9.21. The molecule has 0 saturated carbocycles.